The first kappa shape index (κ1) is 14.4. The van der Waals surface area contributed by atoms with Gasteiger partial charge >= 0.3 is 0 Å². The standard InChI is InChI=1S/C14H17F2NO/c1-3-11-10(7-5-6-8-13(15)16)9-14(18)17-12(11)4-2/h3-4,9,13H,1-2,5-8H2,(H,17,18). The van der Waals surface area contributed by atoms with Gasteiger partial charge in [0, 0.05) is 23.7 Å². The molecular weight excluding hydrogens is 236 g/mol. The average molecular weight is 253 g/mol. The number of hydrogen-bond acceptors (Lipinski definition) is 1. The molecule has 0 unspecified atom stereocenters. The van der Waals surface area contributed by atoms with Crippen LogP contribution in [0.2, 0.25) is 0 Å². The number of hydrogen-bond donors (Lipinski definition) is 1. The minimum Gasteiger partial charge on any atom is -0.322 e. The van der Waals surface area contributed by atoms with Gasteiger partial charge in [-0.2, -0.15) is 0 Å². The number of aryl methyl sites for hydroxylation is 1. The van der Waals surface area contributed by atoms with Crippen LogP contribution < -0.4 is 5.56 Å². The predicted octanol–water partition coefficient (Wildman–Crippen LogP) is 3.64. The second-order valence-corrected chi connectivity index (χ2v) is 4.03. The normalized spacial score (nSPS) is 10.6. The van der Waals surface area contributed by atoms with Gasteiger partial charge in [-0.3, -0.25) is 4.79 Å². The summed E-state index contributed by atoms with van der Waals surface area (Å²) in [6.45, 7) is 7.32. The summed E-state index contributed by atoms with van der Waals surface area (Å²) in [5.74, 6) is 0. The lowest BCUT2D eigenvalue weighted by Crippen LogP contribution is -2.10. The molecule has 1 aromatic rings. The van der Waals surface area contributed by atoms with Crippen molar-refractivity contribution < 1.29 is 8.78 Å². The van der Waals surface area contributed by atoms with E-state index in [0.29, 0.717) is 25.0 Å². The Bertz CT molecular complexity index is 477. The van der Waals surface area contributed by atoms with Crippen LogP contribution in [0.25, 0.3) is 12.2 Å². The largest absolute Gasteiger partial charge is 0.322 e. The van der Waals surface area contributed by atoms with Crippen molar-refractivity contribution in [3.63, 3.8) is 0 Å². The summed E-state index contributed by atoms with van der Waals surface area (Å²) in [6.07, 6.45) is 2.53. The SMILES string of the molecule is C=Cc1[nH]c(=O)cc(CCCCC(F)F)c1C=C. The van der Waals surface area contributed by atoms with Crippen molar-refractivity contribution in [3.8, 4) is 0 Å². The number of alkyl halides is 2. The number of nitrogens with one attached hydrogen (secondary N) is 1. The molecule has 98 valence electrons. The van der Waals surface area contributed by atoms with E-state index in [2.05, 4.69) is 18.1 Å². The maximum atomic E-state index is 12.0. The molecule has 0 aromatic carbocycles. The van der Waals surface area contributed by atoms with E-state index in [1.54, 1.807) is 12.2 Å². The number of aromatic amines is 1. The second-order valence-electron chi connectivity index (χ2n) is 4.03. The smallest absolute Gasteiger partial charge is 0.248 e. The average Bonchev–Trinajstić information content (AvgIpc) is 2.33. The van der Waals surface area contributed by atoms with Gasteiger partial charge in [0.1, 0.15) is 0 Å². The van der Waals surface area contributed by atoms with E-state index in [4.69, 9.17) is 0 Å². The molecule has 0 radical (unpaired) electrons. The van der Waals surface area contributed by atoms with Gasteiger partial charge < -0.3 is 4.98 Å². The Balaban J connectivity index is 2.81. The molecule has 0 saturated carbocycles. The Kier molecular flexibility index (Phi) is 5.49. The molecule has 0 fully saturated rings. The Morgan fingerprint density at radius 2 is 2.00 bits per heavy atom. The zero-order chi connectivity index (χ0) is 13.5. The quantitative estimate of drug-likeness (QED) is 0.739. The van der Waals surface area contributed by atoms with Crippen molar-refractivity contribution >= 4 is 12.2 Å². The van der Waals surface area contributed by atoms with Crippen LogP contribution in [0.1, 0.15) is 36.1 Å². The van der Waals surface area contributed by atoms with E-state index in [1.165, 1.54) is 6.07 Å². The highest BCUT2D eigenvalue weighted by Crippen LogP contribution is 2.17. The molecule has 1 rings (SSSR count). The van der Waals surface area contributed by atoms with Gasteiger partial charge in [0.2, 0.25) is 12.0 Å². The lowest BCUT2D eigenvalue weighted by molar-refractivity contribution is 0.134. The Labute approximate surface area is 105 Å². The fourth-order valence-electron chi connectivity index (χ4n) is 1.87. The van der Waals surface area contributed by atoms with Crippen molar-refractivity contribution in [2.75, 3.05) is 0 Å². The zero-order valence-electron chi connectivity index (χ0n) is 10.2. The van der Waals surface area contributed by atoms with Gasteiger partial charge in [-0.25, -0.2) is 8.78 Å². The molecule has 2 nitrogen and oxygen atoms in total. The summed E-state index contributed by atoms with van der Waals surface area (Å²) in [6, 6.07) is 1.49. The highest BCUT2D eigenvalue weighted by molar-refractivity contribution is 5.63. The van der Waals surface area contributed by atoms with Crippen molar-refractivity contribution in [2.24, 2.45) is 0 Å². The van der Waals surface area contributed by atoms with Crippen LogP contribution in [0.15, 0.2) is 24.0 Å². The van der Waals surface area contributed by atoms with Crippen LogP contribution >= 0.6 is 0 Å². The monoisotopic (exact) mass is 253 g/mol. The Morgan fingerprint density at radius 1 is 1.28 bits per heavy atom. The van der Waals surface area contributed by atoms with Crippen molar-refractivity contribution in [1.29, 1.82) is 0 Å². The summed E-state index contributed by atoms with van der Waals surface area (Å²) in [5.41, 5.74) is 2.07. The third kappa shape index (κ3) is 3.95. The topological polar surface area (TPSA) is 32.9 Å². The van der Waals surface area contributed by atoms with Crippen molar-refractivity contribution in [1.82, 2.24) is 4.98 Å². The zero-order valence-corrected chi connectivity index (χ0v) is 10.2. The number of aromatic nitrogens is 1. The summed E-state index contributed by atoms with van der Waals surface area (Å²) < 4.78 is 24.0. The third-order valence-corrected chi connectivity index (χ3v) is 2.73. The summed E-state index contributed by atoms with van der Waals surface area (Å²) in [5, 5.41) is 0. The van der Waals surface area contributed by atoms with E-state index in [9.17, 15) is 13.6 Å². The molecule has 1 heterocycles. The van der Waals surface area contributed by atoms with Gasteiger partial charge in [0.15, 0.2) is 0 Å². The number of H-pyrrole nitrogens is 1. The summed E-state index contributed by atoms with van der Waals surface area (Å²) in [4.78, 5) is 14.1. The van der Waals surface area contributed by atoms with Crippen LogP contribution in [0.3, 0.4) is 0 Å². The van der Waals surface area contributed by atoms with Crippen molar-refractivity contribution in [2.45, 2.75) is 32.1 Å². The maximum Gasteiger partial charge on any atom is 0.248 e. The highest BCUT2D eigenvalue weighted by atomic mass is 19.3. The molecule has 4 heteroatoms. The van der Waals surface area contributed by atoms with Crippen LogP contribution in [0.4, 0.5) is 8.78 Å². The first-order valence-electron chi connectivity index (χ1n) is 5.87. The van der Waals surface area contributed by atoms with E-state index in [0.717, 1.165) is 11.1 Å². The van der Waals surface area contributed by atoms with Gasteiger partial charge in [-0.05, 0) is 30.9 Å². The number of pyridine rings is 1. The van der Waals surface area contributed by atoms with Gasteiger partial charge in [-0.15, -0.1) is 0 Å². The molecule has 0 spiro atoms. The van der Waals surface area contributed by atoms with Gasteiger partial charge in [0.25, 0.3) is 0 Å². The molecule has 0 amide bonds. The van der Waals surface area contributed by atoms with E-state index >= 15 is 0 Å². The number of rotatable bonds is 7. The van der Waals surface area contributed by atoms with Crippen LogP contribution in [0, 0.1) is 0 Å². The maximum absolute atomic E-state index is 12.0. The molecule has 1 N–H and O–H groups in total. The lowest BCUT2D eigenvalue weighted by atomic mass is 10.0. The van der Waals surface area contributed by atoms with Crippen LogP contribution in [0.5, 0.6) is 0 Å². The lowest BCUT2D eigenvalue weighted by Gasteiger charge is -2.08. The summed E-state index contributed by atoms with van der Waals surface area (Å²) in [7, 11) is 0. The van der Waals surface area contributed by atoms with Gasteiger partial charge in [-0.1, -0.05) is 19.2 Å². The fraction of sp³-hybridized carbons (Fsp3) is 0.357. The predicted molar refractivity (Wildman–Crippen MR) is 70.8 cm³/mol. The van der Waals surface area contributed by atoms with Crippen LogP contribution in [-0.4, -0.2) is 11.4 Å². The van der Waals surface area contributed by atoms with Gasteiger partial charge in [0.05, 0.1) is 0 Å². The third-order valence-electron chi connectivity index (χ3n) is 2.73. The molecule has 0 saturated heterocycles. The molecule has 0 aliphatic rings. The van der Waals surface area contributed by atoms with Crippen molar-refractivity contribution in [3.05, 3.63) is 46.4 Å². The molecule has 0 aliphatic carbocycles. The first-order valence-corrected chi connectivity index (χ1v) is 5.87. The second kappa shape index (κ2) is 6.89. The minimum absolute atomic E-state index is 0.0963. The molecule has 0 atom stereocenters. The van der Waals surface area contributed by atoms with Crippen LogP contribution in [-0.2, 0) is 6.42 Å². The molecular formula is C14H17F2NO. The first-order chi connectivity index (χ1) is 8.58. The minimum atomic E-state index is -2.26. The highest BCUT2D eigenvalue weighted by Gasteiger charge is 2.07. The van der Waals surface area contributed by atoms with E-state index < -0.39 is 6.43 Å². The van der Waals surface area contributed by atoms with E-state index in [-0.39, 0.29) is 12.0 Å². The number of halogens is 2. The molecule has 0 aliphatic heterocycles. The summed E-state index contributed by atoms with van der Waals surface area (Å²) >= 11 is 0. The fourth-order valence-corrected chi connectivity index (χ4v) is 1.87. The Morgan fingerprint density at radius 3 is 2.56 bits per heavy atom. The molecule has 0 bridgehead atoms. The van der Waals surface area contributed by atoms with E-state index in [1.807, 2.05) is 0 Å². The molecule has 1 aromatic heterocycles. The molecule has 18 heavy (non-hydrogen) atoms. The number of unbranched alkanes of at least 4 members (excludes halogenated alkanes) is 1. The Hall–Kier alpha value is -1.71.